The number of aromatic nitrogens is 2. The summed E-state index contributed by atoms with van der Waals surface area (Å²) in [6, 6.07) is 12.3. The van der Waals surface area contributed by atoms with Crippen LogP contribution in [0.25, 0.3) is 0 Å². The third kappa shape index (κ3) is 3.29. The second kappa shape index (κ2) is 5.96. The van der Waals surface area contributed by atoms with E-state index < -0.39 is 0 Å². The number of hydrogen-bond acceptors (Lipinski definition) is 3. The summed E-state index contributed by atoms with van der Waals surface area (Å²) >= 11 is 3.43. The topological polar surface area (TPSA) is 29.0 Å². The molecule has 0 bridgehead atoms. The van der Waals surface area contributed by atoms with Gasteiger partial charge in [0.05, 0.1) is 0 Å². The first kappa shape index (κ1) is 13.0. The number of benzene rings is 1. The molecule has 0 N–H and O–H groups in total. The molecular formula is C14H16BrN3. The molecule has 3 nitrogen and oxygen atoms in total. The van der Waals surface area contributed by atoms with E-state index in [1.807, 2.05) is 19.2 Å². The minimum absolute atomic E-state index is 0.837. The zero-order valence-corrected chi connectivity index (χ0v) is 12.2. The Morgan fingerprint density at radius 1 is 1.17 bits per heavy atom. The maximum atomic E-state index is 4.53. The minimum atomic E-state index is 0.837. The molecule has 2 rings (SSSR count). The van der Waals surface area contributed by atoms with E-state index in [2.05, 4.69) is 62.0 Å². The third-order valence-electron chi connectivity index (χ3n) is 2.70. The maximum absolute atomic E-state index is 4.53. The molecule has 2 aromatic rings. The van der Waals surface area contributed by atoms with Crippen LogP contribution in [0.1, 0.15) is 18.3 Å². The van der Waals surface area contributed by atoms with Gasteiger partial charge in [0.2, 0.25) is 0 Å². The zero-order valence-electron chi connectivity index (χ0n) is 10.6. The first-order valence-corrected chi connectivity index (χ1v) is 6.77. The number of aryl methyl sites for hydroxylation is 1. The standard InChI is InChI=1S/C14H16BrN3/c1-3-13-16-12(15)9-14(17-13)18(2)10-11-7-5-4-6-8-11/h4-9H,3,10H2,1-2H3. The summed E-state index contributed by atoms with van der Waals surface area (Å²) in [5, 5.41) is 0. The third-order valence-corrected chi connectivity index (χ3v) is 3.10. The van der Waals surface area contributed by atoms with Crippen LogP contribution >= 0.6 is 15.9 Å². The van der Waals surface area contributed by atoms with Gasteiger partial charge < -0.3 is 4.90 Å². The molecule has 18 heavy (non-hydrogen) atoms. The summed E-state index contributed by atoms with van der Waals surface area (Å²) in [6.07, 6.45) is 0.839. The van der Waals surface area contributed by atoms with Crippen molar-refractivity contribution >= 4 is 21.7 Å². The Morgan fingerprint density at radius 3 is 2.56 bits per heavy atom. The molecule has 4 heteroatoms. The summed E-state index contributed by atoms with van der Waals surface area (Å²) in [5.74, 6) is 1.80. The smallest absolute Gasteiger partial charge is 0.133 e. The molecule has 0 unspecified atom stereocenters. The van der Waals surface area contributed by atoms with Gasteiger partial charge in [0.1, 0.15) is 16.2 Å². The predicted octanol–water partition coefficient (Wildman–Crippen LogP) is 3.44. The summed E-state index contributed by atoms with van der Waals surface area (Å²) in [6.45, 7) is 2.90. The average molecular weight is 306 g/mol. The molecule has 0 saturated carbocycles. The van der Waals surface area contributed by atoms with Crippen molar-refractivity contribution in [3.05, 3.63) is 52.4 Å². The number of anilines is 1. The lowest BCUT2D eigenvalue weighted by Crippen LogP contribution is -2.18. The lowest BCUT2D eigenvalue weighted by atomic mass is 10.2. The maximum Gasteiger partial charge on any atom is 0.133 e. The van der Waals surface area contributed by atoms with Crippen LogP contribution in [0.15, 0.2) is 41.0 Å². The van der Waals surface area contributed by atoms with E-state index in [0.717, 1.165) is 29.2 Å². The van der Waals surface area contributed by atoms with E-state index in [1.165, 1.54) is 5.56 Å². The highest BCUT2D eigenvalue weighted by atomic mass is 79.9. The van der Waals surface area contributed by atoms with E-state index in [4.69, 9.17) is 0 Å². The predicted molar refractivity (Wildman–Crippen MR) is 77.7 cm³/mol. The number of nitrogens with zero attached hydrogens (tertiary/aromatic N) is 3. The molecule has 1 aromatic heterocycles. The summed E-state index contributed by atoms with van der Waals surface area (Å²) in [4.78, 5) is 11.0. The quantitative estimate of drug-likeness (QED) is 0.810. The van der Waals surface area contributed by atoms with Gasteiger partial charge >= 0.3 is 0 Å². The lowest BCUT2D eigenvalue weighted by Gasteiger charge is -2.19. The van der Waals surface area contributed by atoms with E-state index in [-0.39, 0.29) is 0 Å². The summed E-state index contributed by atoms with van der Waals surface area (Å²) < 4.78 is 0.837. The molecular weight excluding hydrogens is 290 g/mol. The van der Waals surface area contributed by atoms with Crippen LogP contribution in [0, 0.1) is 0 Å². The van der Waals surface area contributed by atoms with Gasteiger partial charge in [-0.25, -0.2) is 9.97 Å². The molecule has 94 valence electrons. The first-order chi connectivity index (χ1) is 8.69. The fourth-order valence-electron chi connectivity index (χ4n) is 1.74. The molecule has 0 aliphatic carbocycles. The number of rotatable bonds is 4. The largest absolute Gasteiger partial charge is 0.355 e. The van der Waals surface area contributed by atoms with Crippen molar-refractivity contribution in [1.29, 1.82) is 0 Å². The molecule has 0 atom stereocenters. The normalized spacial score (nSPS) is 10.4. The van der Waals surface area contributed by atoms with E-state index in [1.54, 1.807) is 0 Å². The molecule has 1 aromatic carbocycles. The summed E-state index contributed by atoms with van der Waals surface area (Å²) in [5.41, 5.74) is 1.27. The van der Waals surface area contributed by atoms with Gasteiger partial charge in [-0.15, -0.1) is 0 Å². The number of halogens is 1. The Bertz CT molecular complexity index is 514. The highest BCUT2D eigenvalue weighted by Crippen LogP contribution is 2.17. The van der Waals surface area contributed by atoms with Crippen molar-refractivity contribution in [3.8, 4) is 0 Å². The van der Waals surface area contributed by atoms with Gasteiger partial charge in [0.25, 0.3) is 0 Å². The Kier molecular flexibility index (Phi) is 4.31. The Hall–Kier alpha value is -1.42. The molecule has 0 spiro atoms. The molecule has 0 aliphatic heterocycles. The van der Waals surface area contributed by atoms with Crippen LogP contribution in [0.5, 0.6) is 0 Å². The van der Waals surface area contributed by atoms with Gasteiger partial charge in [-0.2, -0.15) is 0 Å². The monoisotopic (exact) mass is 305 g/mol. The Morgan fingerprint density at radius 2 is 1.89 bits per heavy atom. The fourth-order valence-corrected chi connectivity index (χ4v) is 2.15. The van der Waals surface area contributed by atoms with Crippen LogP contribution in [0.4, 0.5) is 5.82 Å². The van der Waals surface area contributed by atoms with Crippen molar-refractivity contribution in [1.82, 2.24) is 9.97 Å². The second-order valence-corrected chi connectivity index (χ2v) is 4.97. The SMILES string of the molecule is CCc1nc(Br)cc(N(C)Cc2ccccc2)n1. The Balaban J connectivity index is 2.18. The second-order valence-electron chi connectivity index (χ2n) is 4.16. The van der Waals surface area contributed by atoms with Crippen molar-refractivity contribution in [2.45, 2.75) is 19.9 Å². The zero-order chi connectivity index (χ0) is 13.0. The lowest BCUT2D eigenvalue weighted by molar-refractivity contribution is 0.853. The first-order valence-electron chi connectivity index (χ1n) is 5.97. The van der Waals surface area contributed by atoms with Gasteiger partial charge in [-0.3, -0.25) is 0 Å². The highest BCUT2D eigenvalue weighted by Gasteiger charge is 2.07. The summed E-state index contributed by atoms with van der Waals surface area (Å²) in [7, 11) is 2.04. The van der Waals surface area contributed by atoms with Gasteiger partial charge in [-0.1, -0.05) is 37.3 Å². The highest BCUT2D eigenvalue weighted by molar-refractivity contribution is 9.10. The molecule has 0 amide bonds. The van der Waals surface area contributed by atoms with Crippen molar-refractivity contribution in [3.63, 3.8) is 0 Å². The number of hydrogen-bond donors (Lipinski definition) is 0. The van der Waals surface area contributed by atoms with Crippen molar-refractivity contribution in [2.75, 3.05) is 11.9 Å². The van der Waals surface area contributed by atoms with Crippen LogP contribution in [-0.4, -0.2) is 17.0 Å². The van der Waals surface area contributed by atoms with E-state index >= 15 is 0 Å². The molecule has 0 radical (unpaired) electrons. The minimum Gasteiger partial charge on any atom is -0.355 e. The van der Waals surface area contributed by atoms with Crippen LogP contribution in [0.2, 0.25) is 0 Å². The van der Waals surface area contributed by atoms with E-state index in [0.29, 0.717) is 0 Å². The van der Waals surface area contributed by atoms with Crippen molar-refractivity contribution in [2.24, 2.45) is 0 Å². The van der Waals surface area contributed by atoms with Gasteiger partial charge in [0.15, 0.2) is 0 Å². The molecule has 0 saturated heterocycles. The molecule has 0 aliphatic rings. The van der Waals surface area contributed by atoms with Gasteiger partial charge in [-0.05, 0) is 21.5 Å². The Labute approximate surface area is 116 Å². The van der Waals surface area contributed by atoms with Crippen LogP contribution in [-0.2, 0) is 13.0 Å². The van der Waals surface area contributed by atoms with E-state index in [9.17, 15) is 0 Å². The molecule has 0 fully saturated rings. The fraction of sp³-hybridized carbons (Fsp3) is 0.286. The van der Waals surface area contributed by atoms with Crippen LogP contribution in [0.3, 0.4) is 0 Å². The van der Waals surface area contributed by atoms with Crippen molar-refractivity contribution < 1.29 is 0 Å². The average Bonchev–Trinajstić information content (AvgIpc) is 2.39. The van der Waals surface area contributed by atoms with Gasteiger partial charge in [0, 0.05) is 26.1 Å². The molecule has 1 heterocycles. The van der Waals surface area contributed by atoms with Crippen LogP contribution < -0.4 is 4.90 Å².